The molecule has 0 atom stereocenters. The summed E-state index contributed by atoms with van der Waals surface area (Å²) >= 11 is 0. The van der Waals surface area contributed by atoms with Crippen molar-refractivity contribution in [1.29, 1.82) is 0 Å². The van der Waals surface area contributed by atoms with Gasteiger partial charge in [0.15, 0.2) is 0 Å². The Morgan fingerprint density at radius 3 is 2.57 bits per heavy atom. The standard InChI is InChI=1S/C20H27N/c1-2-14-21-16-20(12-5-6-13-20)15-18-10-7-9-17-8-3-4-11-19(17)18/h3-4,7-11,21H,2,5-6,12-16H2,1H3. The number of fused-ring (bicyclic) bond motifs is 1. The van der Waals surface area contributed by atoms with Crippen LogP contribution >= 0.6 is 0 Å². The Kier molecular flexibility index (Phi) is 4.60. The van der Waals surface area contributed by atoms with Gasteiger partial charge in [-0.25, -0.2) is 0 Å². The van der Waals surface area contributed by atoms with Crippen LogP contribution in [0.2, 0.25) is 0 Å². The van der Waals surface area contributed by atoms with E-state index in [1.54, 1.807) is 0 Å². The van der Waals surface area contributed by atoms with Gasteiger partial charge in [0.1, 0.15) is 0 Å². The zero-order valence-corrected chi connectivity index (χ0v) is 13.2. The summed E-state index contributed by atoms with van der Waals surface area (Å²) in [5.74, 6) is 0. The molecule has 1 nitrogen and oxygen atoms in total. The normalized spacial score (nSPS) is 17.4. The second-order valence-electron chi connectivity index (χ2n) is 6.70. The molecule has 21 heavy (non-hydrogen) atoms. The van der Waals surface area contributed by atoms with Crippen LogP contribution < -0.4 is 5.32 Å². The van der Waals surface area contributed by atoms with Crippen LogP contribution in [0.15, 0.2) is 42.5 Å². The maximum Gasteiger partial charge on any atom is 0.00110 e. The molecule has 1 aliphatic carbocycles. The first-order valence-electron chi connectivity index (χ1n) is 8.50. The van der Waals surface area contributed by atoms with Gasteiger partial charge in [-0.2, -0.15) is 0 Å². The molecule has 0 spiro atoms. The molecule has 2 aromatic rings. The molecule has 0 saturated heterocycles. The van der Waals surface area contributed by atoms with Crippen LogP contribution in [0.4, 0.5) is 0 Å². The van der Waals surface area contributed by atoms with E-state index in [9.17, 15) is 0 Å². The molecule has 0 aromatic heterocycles. The van der Waals surface area contributed by atoms with Gasteiger partial charge in [0.2, 0.25) is 0 Å². The number of nitrogens with one attached hydrogen (secondary N) is 1. The molecule has 1 fully saturated rings. The van der Waals surface area contributed by atoms with E-state index in [-0.39, 0.29) is 0 Å². The van der Waals surface area contributed by atoms with Gasteiger partial charge in [-0.05, 0) is 54.0 Å². The number of benzene rings is 2. The summed E-state index contributed by atoms with van der Waals surface area (Å²) < 4.78 is 0. The van der Waals surface area contributed by atoms with Crippen molar-refractivity contribution >= 4 is 10.8 Å². The lowest BCUT2D eigenvalue weighted by molar-refractivity contribution is 0.279. The van der Waals surface area contributed by atoms with Crippen LogP contribution in [0, 0.1) is 5.41 Å². The summed E-state index contributed by atoms with van der Waals surface area (Å²) in [4.78, 5) is 0. The monoisotopic (exact) mass is 281 g/mol. The van der Waals surface area contributed by atoms with Crippen molar-refractivity contribution in [3.63, 3.8) is 0 Å². The summed E-state index contributed by atoms with van der Waals surface area (Å²) in [5.41, 5.74) is 2.02. The minimum absolute atomic E-state index is 0.485. The molecule has 0 heterocycles. The van der Waals surface area contributed by atoms with Crippen molar-refractivity contribution in [2.24, 2.45) is 5.41 Å². The first-order chi connectivity index (χ1) is 10.3. The average Bonchev–Trinajstić information content (AvgIpc) is 2.97. The summed E-state index contributed by atoms with van der Waals surface area (Å²) in [5, 5.41) is 6.51. The van der Waals surface area contributed by atoms with Crippen LogP contribution in [-0.2, 0) is 6.42 Å². The summed E-state index contributed by atoms with van der Waals surface area (Å²) in [6.07, 6.45) is 8.02. The number of hydrogen-bond acceptors (Lipinski definition) is 1. The fourth-order valence-electron chi connectivity index (χ4n) is 3.92. The van der Waals surface area contributed by atoms with Gasteiger partial charge >= 0.3 is 0 Å². The summed E-state index contributed by atoms with van der Waals surface area (Å²) in [7, 11) is 0. The molecule has 1 saturated carbocycles. The van der Waals surface area contributed by atoms with Gasteiger partial charge in [-0.3, -0.25) is 0 Å². The zero-order chi connectivity index (χ0) is 14.5. The summed E-state index contributed by atoms with van der Waals surface area (Å²) in [6.45, 7) is 4.58. The lowest BCUT2D eigenvalue weighted by Gasteiger charge is -2.30. The predicted octanol–water partition coefficient (Wildman–Crippen LogP) is 4.94. The highest BCUT2D eigenvalue weighted by atomic mass is 14.9. The van der Waals surface area contributed by atoms with E-state index in [0.29, 0.717) is 5.41 Å². The largest absolute Gasteiger partial charge is 0.316 e. The highest BCUT2D eigenvalue weighted by molar-refractivity contribution is 5.85. The molecule has 112 valence electrons. The first kappa shape index (κ1) is 14.6. The third-order valence-electron chi connectivity index (χ3n) is 5.04. The molecule has 1 N–H and O–H groups in total. The van der Waals surface area contributed by atoms with E-state index >= 15 is 0 Å². The molecule has 1 heteroatoms. The van der Waals surface area contributed by atoms with Gasteiger partial charge in [-0.1, -0.05) is 62.2 Å². The molecule has 2 aromatic carbocycles. The topological polar surface area (TPSA) is 12.0 Å². The Hall–Kier alpha value is -1.34. The Labute approximate surface area is 128 Å². The fraction of sp³-hybridized carbons (Fsp3) is 0.500. The molecule has 0 aliphatic heterocycles. The lowest BCUT2D eigenvalue weighted by Crippen LogP contribution is -2.34. The van der Waals surface area contributed by atoms with Crippen LogP contribution in [0.3, 0.4) is 0 Å². The molecule has 0 amide bonds. The smallest absolute Gasteiger partial charge is 0.00110 e. The van der Waals surface area contributed by atoms with Crippen molar-refractivity contribution in [2.75, 3.05) is 13.1 Å². The quantitative estimate of drug-likeness (QED) is 0.739. The second-order valence-corrected chi connectivity index (χ2v) is 6.70. The van der Waals surface area contributed by atoms with Crippen molar-refractivity contribution in [1.82, 2.24) is 5.32 Å². The first-order valence-corrected chi connectivity index (χ1v) is 8.50. The van der Waals surface area contributed by atoms with Gasteiger partial charge in [0, 0.05) is 6.54 Å². The van der Waals surface area contributed by atoms with Crippen molar-refractivity contribution in [3.05, 3.63) is 48.0 Å². The van der Waals surface area contributed by atoms with Crippen molar-refractivity contribution in [3.8, 4) is 0 Å². The minimum Gasteiger partial charge on any atom is -0.316 e. The second kappa shape index (κ2) is 6.62. The molecule has 0 bridgehead atoms. The maximum absolute atomic E-state index is 3.69. The van der Waals surface area contributed by atoms with Gasteiger partial charge in [0.05, 0.1) is 0 Å². The average molecular weight is 281 g/mol. The highest BCUT2D eigenvalue weighted by Gasteiger charge is 2.33. The van der Waals surface area contributed by atoms with Crippen molar-refractivity contribution < 1.29 is 0 Å². The highest BCUT2D eigenvalue weighted by Crippen LogP contribution is 2.41. The van der Waals surface area contributed by atoms with E-state index in [2.05, 4.69) is 54.7 Å². The van der Waals surface area contributed by atoms with Gasteiger partial charge in [-0.15, -0.1) is 0 Å². The maximum atomic E-state index is 3.69. The molecular formula is C20H27N. The Morgan fingerprint density at radius 1 is 1.00 bits per heavy atom. The van der Waals surface area contributed by atoms with Crippen LogP contribution in [0.25, 0.3) is 10.8 Å². The zero-order valence-electron chi connectivity index (χ0n) is 13.2. The van der Waals surface area contributed by atoms with Gasteiger partial charge in [0.25, 0.3) is 0 Å². The van der Waals surface area contributed by atoms with Crippen molar-refractivity contribution in [2.45, 2.75) is 45.4 Å². The van der Waals surface area contributed by atoms with E-state index in [1.807, 2.05) is 0 Å². The van der Waals surface area contributed by atoms with E-state index in [4.69, 9.17) is 0 Å². The predicted molar refractivity (Wildman–Crippen MR) is 91.7 cm³/mol. The third-order valence-corrected chi connectivity index (χ3v) is 5.04. The SMILES string of the molecule is CCCNCC1(Cc2cccc3ccccc23)CCCC1. The van der Waals surface area contributed by atoms with E-state index in [0.717, 1.165) is 6.54 Å². The summed E-state index contributed by atoms with van der Waals surface area (Å²) in [6, 6.07) is 15.6. The van der Waals surface area contributed by atoms with E-state index in [1.165, 1.54) is 61.4 Å². The molecular weight excluding hydrogens is 254 g/mol. The van der Waals surface area contributed by atoms with E-state index < -0.39 is 0 Å². The minimum atomic E-state index is 0.485. The van der Waals surface area contributed by atoms with Crippen LogP contribution in [0.1, 0.15) is 44.6 Å². The number of rotatable bonds is 6. The number of hydrogen-bond donors (Lipinski definition) is 1. The Balaban J connectivity index is 1.84. The lowest BCUT2D eigenvalue weighted by atomic mass is 9.79. The van der Waals surface area contributed by atoms with Gasteiger partial charge < -0.3 is 5.32 Å². The Bertz CT molecular complexity index is 576. The Morgan fingerprint density at radius 2 is 1.76 bits per heavy atom. The molecule has 0 unspecified atom stereocenters. The van der Waals surface area contributed by atoms with Crippen LogP contribution in [-0.4, -0.2) is 13.1 Å². The third kappa shape index (κ3) is 3.29. The molecule has 1 aliphatic rings. The molecule has 0 radical (unpaired) electrons. The van der Waals surface area contributed by atoms with Crippen LogP contribution in [0.5, 0.6) is 0 Å². The fourth-order valence-corrected chi connectivity index (χ4v) is 3.92. The molecule has 3 rings (SSSR count).